The van der Waals surface area contributed by atoms with Gasteiger partial charge in [-0.1, -0.05) is 11.6 Å². The van der Waals surface area contributed by atoms with Crippen LogP contribution in [-0.4, -0.2) is 12.7 Å². The summed E-state index contributed by atoms with van der Waals surface area (Å²) < 4.78 is 5.27. The molecule has 1 aliphatic rings. The molecule has 8 heavy (non-hydrogen) atoms. The summed E-state index contributed by atoms with van der Waals surface area (Å²) in [6, 6.07) is 0. The monoisotopic (exact) mass is 112 g/mol. The van der Waals surface area contributed by atoms with Gasteiger partial charge >= 0.3 is 0 Å². The molecule has 0 radical (unpaired) electrons. The predicted molar refractivity (Wildman–Crippen MR) is 33.8 cm³/mol. The van der Waals surface area contributed by atoms with Gasteiger partial charge in [-0.15, -0.1) is 0 Å². The lowest BCUT2D eigenvalue weighted by Gasteiger charge is -2.16. The predicted octanol–water partition coefficient (Wildman–Crippen LogP) is 1.74. The van der Waals surface area contributed by atoms with Gasteiger partial charge in [0.1, 0.15) is 0 Å². The molecule has 0 spiro atoms. The molecular weight excluding hydrogens is 100 g/mol. The highest BCUT2D eigenvalue weighted by molar-refractivity contribution is 5.02. The molecule has 1 aliphatic heterocycles. The van der Waals surface area contributed by atoms with Gasteiger partial charge in [0.05, 0.1) is 12.7 Å². The molecule has 46 valence electrons. The maximum atomic E-state index is 5.27. The first-order valence-corrected chi connectivity index (χ1v) is 3.06. The average molecular weight is 112 g/mol. The minimum absolute atomic E-state index is 0.444. The lowest BCUT2D eigenvalue weighted by molar-refractivity contribution is 0.0784. The van der Waals surface area contributed by atoms with Crippen LogP contribution in [0.1, 0.15) is 20.3 Å². The smallest absolute Gasteiger partial charge is 0.0653 e. The first kappa shape index (κ1) is 5.83. The van der Waals surface area contributed by atoms with Crippen LogP contribution in [0.2, 0.25) is 0 Å². The van der Waals surface area contributed by atoms with Crippen molar-refractivity contribution in [1.82, 2.24) is 0 Å². The van der Waals surface area contributed by atoms with Crippen LogP contribution < -0.4 is 0 Å². The Kier molecular flexibility index (Phi) is 1.69. The normalized spacial score (nSPS) is 29.8. The highest BCUT2D eigenvalue weighted by atomic mass is 16.5. The van der Waals surface area contributed by atoms with Crippen LogP contribution in [0.3, 0.4) is 0 Å². The first-order chi connectivity index (χ1) is 3.79. The molecule has 0 aliphatic carbocycles. The van der Waals surface area contributed by atoms with Gasteiger partial charge in [-0.05, 0) is 20.3 Å². The lowest BCUT2D eigenvalue weighted by atomic mass is 10.1. The molecule has 0 saturated carbocycles. The zero-order valence-electron chi connectivity index (χ0n) is 5.48. The number of hydrogen-bond donors (Lipinski definition) is 0. The topological polar surface area (TPSA) is 9.23 Å². The summed E-state index contributed by atoms with van der Waals surface area (Å²) in [4.78, 5) is 0. The minimum Gasteiger partial charge on any atom is -0.374 e. The molecule has 0 fully saturated rings. The summed E-state index contributed by atoms with van der Waals surface area (Å²) in [5.74, 6) is 0. The highest BCUT2D eigenvalue weighted by Crippen LogP contribution is 2.11. The largest absolute Gasteiger partial charge is 0.374 e. The maximum absolute atomic E-state index is 5.27. The molecule has 1 atom stereocenters. The van der Waals surface area contributed by atoms with Crippen LogP contribution in [-0.2, 0) is 4.74 Å². The van der Waals surface area contributed by atoms with E-state index >= 15 is 0 Å². The molecule has 1 rings (SSSR count). The Balaban J connectivity index is 2.45. The Morgan fingerprint density at radius 1 is 1.75 bits per heavy atom. The fraction of sp³-hybridized carbons (Fsp3) is 0.714. The molecular formula is C7H12O. The van der Waals surface area contributed by atoms with Gasteiger partial charge in [0.25, 0.3) is 0 Å². The van der Waals surface area contributed by atoms with Gasteiger partial charge in [-0.3, -0.25) is 0 Å². The fourth-order valence-electron chi connectivity index (χ4n) is 0.950. The average Bonchev–Trinajstić information content (AvgIpc) is 1.64. The van der Waals surface area contributed by atoms with E-state index in [0.717, 1.165) is 13.0 Å². The molecule has 0 bridgehead atoms. The van der Waals surface area contributed by atoms with E-state index in [4.69, 9.17) is 4.74 Å². The molecule has 1 heterocycles. The standard InChI is InChI=1S/C7H12O/c1-6-3-4-8-7(2)5-6/h3,7H,4-5H2,1-2H3/t7-/m0/s1. The minimum atomic E-state index is 0.444. The summed E-state index contributed by atoms with van der Waals surface area (Å²) in [7, 11) is 0. The number of ether oxygens (including phenoxy) is 1. The Bertz CT molecular complexity index is 105. The van der Waals surface area contributed by atoms with Gasteiger partial charge < -0.3 is 4.74 Å². The molecule has 0 aromatic carbocycles. The van der Waals surface area contributed by atoms with Gasteiger partial charge in [0, 0.05) is 0 Å². The van der Waals surface area contributed by atoms with E-state index in [2.05, 4.69) is 19.9 Å². The van der Waals surface area contributed by atoms with Crippen molar-refractivity contribution in [3.63, 3.8) is 0 Å². The molecule has 0 N–H and O–H groups in total. The quantitative estimate of drug-likeness (QED) is 0.434. The fourth-order valence-corrected chi connectivity index (χ4v) is 0.950. The van der Waals surface area contributed by atoms with Gasteiger partial charge in [-0.2, -0.15) is 0 Å². The number of hydrogen-bond acceptors (Lipinski definition) is 1. The molecule has 0 aromatic rings. The van der Waals surface area contributed by atoms with Crippen LogP contribution in [0.4, 0.5) is 0 Å². The maximum Gasteiger partial charge on any atom is 0.0653 e. The number of rotatable bonds is 0. The van der Waals surface area contributed by atoms with Crippen molar-refractivity contribution in [2.45, 2.75) is 26.4 Å². The summed E-state index contributed by atoms with van der Waals surface area (Å²) in [5.41, 5.74) is 1.46. The van der Waals surface area contributed by atoms with Gasteiger partial charge in [0.2, 0.25) is 0 Å². The Morgan fingerprint density at radius 2 is 2.50 bits per heavy atom. The van der Waals surface area contributed by atoms with E-state index in [1.54, 1.807) is 0 Å². The van der Waals surface area contributed by atoms with Gasteiger partial charge in [0.15, 0.2) is 0 Å². The Hall–Kier alpha value is -0.300. The second-order valence-corrected chi connectivity index (χ2v) is 2.40. The van der Waals surface area contributed by atoms with E-state index in [0.29, 0.717) is 6.10 Å². The summed E-state index contributed by atoms with van der Waals surface area (Å²) in [6.07, 6.45) is 3.69. The van der Waals surface area contributed by atoms with Crippen molar-refractivity contribution in [1.29, 1.82) is 0 Å². The highest BCUT2D eigenvalue weighted by Gasteiger charge is 2.05. The molecule has 0 aromatic heterocycles. The third-order valence-electron chi connectivity index (χ3n) is 1.42. The van der Waals surface area contributed by atoms with E-state index in [9.17, 15) is 0 Å². The van der Waals surface area contributed by atoms with Crippen LogP contribution in [0.15, 0.2) is 11.6 Å². The molecule has 1 heteroatoms. The molecule has 0 unspecified atom stereocenters. The van der Waals surface area contributed by atoms with Crippen molar-refractivity contribution in [3.05, 3.63) is 11.6 Å². The zero-order valence-corrected chi connectivity index (χ0v) is 5.48. The van der Waals surface area contributed by atoms with Gasteiger partial charge in [-0.25, -0.2) is 0 Å². The summed E-state index contributed by atoms with van der Waals surface area (Å²) in [5, 5.41) is 0. The summed E-state index contributed by atoms with van der Waals surface area (Å²) in [6.45, 7) is 5.07. The third kappa shape index (κ3) is 1.34. The molecule has 0 saturated heterocycles. The molecule has 0 amide bonds. The van der Waals surface area contributed by atoms with E-state index in [1.807, 2.05) is 0 Å². The first-order valence-electron chi connectivity index (χ1n) is 3.06. The zero-order chi connectivity index (χ0) is 5.98. The van der Waals surface area contributed by atoms with Crippen molar-refractivity contribution in [2.75, 3.05) is 6.61 Å². The summed E-state index contributed by atoms with van der Waals surface area (Å²) >= 11 is 0. The van der Waals surface area contributed by atoms with Crippen molar-refractivity contribution in [3.8, 4) is 0 Å². The van der Waals surface area contributed by atoms with Crippen LogP contribution in [0.25, 0.3) is 0 Å². The van der Waals surface area contributed by atoms with Crippen LogP contribution >= 0.6 is 0 Å². The van der Waals surface area contributed by atoms with Crippen LogP contribution in [0, 0.1) is 0 Å². The van der Waals surface area contributed by atoms with E-state index in [1.165, 1.54) is 5.57 Å². The van der Waals surface area contributed by atoms with E-state index in [-0.39, 0.29) is 0 Å². The van der Waals surface area contributed by atoms with E-state index < -0.39 is 0 Å². The van der Waals surface area contributed by atoms with Crippen molar-refractivity contribution >= 4 is 0 Å². The third-order valence-corrected chi connectivity index (χ3v) is 1.42. The van der Waals surface area contributed by atoms with Crippen LogP contribution in [0.5, 0.6) is 0 Å². The Labute approximate surface area is 50.3 Å². The Morgan fingerprint density at radius 3 is 2.88 bits per heavy atom. The second-order valence-electron chi connectivity index (χ2n) is 2.40. The van der Waals surface area contributed by atoms with Crippen molar-refractivity contribution in [2.24, 2.45) is 0 Å². The molecule has 1 nitrogen and oxygen atoms in total. The lowest BCUT2D eigenvalue weighted by Crippen LogP contribution is -2.13. The van der Waals surface area contributed by atoms with Crippen molar-refractivity contribution < 1.29 is 4.74 Å². The second kappa shape index (κ2) is 2.31. The SMILES string of the molecule is CC1=CCO[C@@H](C)C1.